The van der Waals surface area contributed by atoms with Gasteiger partial charge in [-0.3, -0.25) is 4.79 Å². The quantitative estimate of drug-likeness (QED) is 0.614. The van der Waals surface area contributed by atoms with Crippen molar-refractivity contribution in [3.05, 3.63) is 58.8 Å². The zero-order valence-electron chi connectivity index (χ0n) is 9.74. The molecule has 0 atom stereocenters. The van der Waals surface area contributed by atoms with Crippen LogP contribution in [0.3, 0.4) is 0 Å². The van der Waals surface area contributed by atoms with Crippen LogP contribution in [0.25, 0.3) is 20.2 Å². The fourth-order valence-electron chi connectivity index (χ4n) is 1.75. The predicted molar refractivity (Wildman–Crippen MR) is 76.3 cm³/mol. The molecule has 0 amide bonds. The van der Waals surface area contributed by atoms with E-state index in [2.05, 4.69) is 0 Å². The van der Waals surface area contributed by atoms with Crippen molar-refractivity contribution >= 4 is 37.7 Å². The molecule has 5 heteroatoms. The lowest BCUT2D eigenvalue weighted by molar-refractivity contribution is 0.137. The highest BCUT2D eigenvalue weighted by Gasteiger charge is 2.03. The standard InChI is InChI=1S/C13H8OS.CH2O3/c14-13-9-5-1-3-7-11(9)15-12-8-4-2-6-10(12)13;2-1(3)4/h1-8H;(H2,2,3,4). The average molecular weight is 274 g/mol. The number of carbonyl (C=O) groups is 1. The molecule has 0 saturated carbocycles. The molecule has 0 unspecified atom stereocenters. The van der Waals surface area contributed by atoms with E-state index in [0.29, 0.717) is 0 Å². The second-order valence-corrected chi connectivity index (χ2v) is 4.79. The minimum absolute atomic E-state index is 0.139. The summed E-state index contributed by atoms with van der Waals surface area (Å²) in [5, 5.41) is 15.6. The highest BCUT2D eigenvalue weighted by molar-refractivity contribution is 7.24. The summed E-state index contributed by atoms with van der Waals surface area (Å²) in [7, 11) is 0. The first-order valence-corrected chi connectivity index (χ1v) is 6.23. The van der Waals surface area contributed by atoms with Crippen LogP contribution < -0.4 is 5.43 Å². The van der Waals surface area contributed by atoms with Crippen molar-refractivity contribution in [2.45, 2.75) is 0 Å². The molecule has 0 aliphatic carbocycles. The largest absolute Gasteiger partial charge is 0.503 e. The van der Waals surface area contributed by atoms with Gasteiger partial charge in [-0.1, -0.05) is 24.3 Å². The Balaban J connectivity index is 0.000000297. The normalized spacial score (nSPS) is 9.89. The molecular formula is C14H10O4S. The molecule has 0 bridgehead atoms. The molecule has 4 nitrogen and oxygen atoms in total. The third-order valence-electron chi connectivity index (χ3n) is 2.48. The minimum atomic E-state index is -1.83. The SMILES string of the molecule is O=C(O)O.O=c1c2ccccc2sc2ccccc12. The molecule has 0 spiro atoms. The number of fused-ring (bicyclic) bond motifs is 2. The molecule has 1 heterocycles. The van der Waals surface area contributed by atoms with Gasteiger partial charge in [-0.15, -0.1) is 11.3 Å². The van der Waals surface area contributed by atoms with E-state index in [1.54, 1.807) is 11.3 Å². The Morgan fingerprint density at radius 3 is 1.63 bits per heavy atom. The zero-order chi connectivity index (χ0) is 13.8. The summed E-state index contributed by atoms with van der Waals surface area (Å²) in [4.78, 5) is 20.7. The summed E-state index contributed by atoms with van der Waals surface area (Å²) in [5.74, 6) is 0. The van der Waals surface area contributed by atoms with Crippen LogP contribution in [0.15, 0.2) is 53.3 Å². The van der Waals surface area contributed by atoms with E-state index in [4.69, 9.17) is 15.0 Å². The maximum Gasteiger partial charge on any atom is 0.503 e. The van der Waals surface area contributed by atoms with Gasteiger partial charge in [-0.25, -0.2) is 4.79 Å². The maximum absolute atomic E-state index is 12.1. The highest BCUT2D eigenvalue weighted by Crippen LogP contribution is 2.23. The van der Waals surface area contributed by atoms with E-state index in [1.807, 2.05) is 48.5 Å². The minimum Gasteiger partial charge on any atom is -0.450 e. The Bertz CT molecular complexity index is 731. The van der Waals surface area contributed by atoms with Gasteiger partial charge in [0.25, 0.3) is 0 Å². The van der Waals surface area contributed by atoms with Crippen molar-refractivity contribution in [1.82, 2.24) is 0 Å². The molecule has 96 valence electrons. The molecule has 3 aromatic rings. The molecule has 0 saturated heterocycles. The smallest absolute Gasteiger partial charge is 0.450 e. The van der Waals surface area contributed by atoms with Crippen LogP contribution in [0.4, 0.5) is 4.79 Å². The molecule has 1 aromatic heterocycles. The van der Waals surface area contributed by atoms with Crippen molar-refractivity contribution in [2.24, 2.45) is 0 Å². The monoisotopic (exact) mass is 274 g/mol. The van der Waals surface area contributed by atoms with E-state index >= 15 is 0 Å². The summed E-state index contributed by atoms with van der Waals surface area (Å²) in [5.41, 5.74) is 0.139. The third kappa shape index (κ3) is 2.89. The molecule has 0 aliphatic heterocycles. The number of carboxylic acid groups (broad SMARTS) is 2. The molecule has 19 heavy (non-hydrogen) atoms. The van der Waals surface area contributed by atoms with Gasteiger partial charge in [-0.05, 0) is 24.3 Å². The van der Waals surface area contributed by atoms with Crippen LogP contribution in [0.5, 0.6) is 0 Å². The molecule has 2 N–H and O–H groups in total. The lowest BCUT2D eigenvalue weighted by atomic mass is 10.2. The van der Waals surface area contributed by atoms with Gasteiger partial charge in [0.05, 0.1) is 0 Å². The number of benzene rings is 2. The Morgan fingerprint density at radius 1 is 0.842 bits per heavy atom. The Kier molecular flexibility index (Phi) is 3.77. The van der Waals surface area contributed by atoms with Crippen LogP contribution in [0.2, 0.25) is 0 Å². The highest BCUT2D eigenvalue weighted by atomic mass is 32.1. The summed E-state index contributed by atoms with van der Waals surface area (Å²) < 4.78 is 2.11. The van der Waals surface area contributed by atoms with E-state index in [9.17, 15) is 4.79 Å². The van der Waals surface area contributed by atoms with Crippen molar-refractivity contribution in [3.8, 4) is 0 Å². The average Bonchev–Trinajstić information content (AvgIpc) is 2.38. The van der Waals surface area contributed by atoms with Gasteiger partial charge in [-0.2, -0.15) is 0 Å². The third-order valence-corrected chi connectivity index (χ3v) is 3.64. The number of hydrogen-bond acceptors (Lipinski definition) is 3. The lowest BCUT2D eigenvalue weighted by Gasteiger charge is -1.99. The van der Waals surface area contributed by atoms with Crippen LogP contribution >= 0.6 is 11.3 Å². The topological polar surface area (TPSA) is 74.6 Å². The van der Waals surface area contributed by atoms with Crippen LogP contribution in [0.1, 0.15) is 0 Å². The fraction of sp³-hybridized carbons (Fsp3) is 0. The van der Waals surface area contributed by atoms with E-state index in [1.165, 1.54) is 0 Å². The van der Waals surface area contributed by atoms with Gasteiger partial charge in [0.2, 0.25) is 0 Å². The van der Waals surface area contributed by atoms with Crippen molar-refractivity contribution in [2.75, 3.05) is 0 Å². The van der Waals surface area contributed by atoms with Crippen LogP contribution in [-0.2, 0) is 0 Å². The number of rotatable bonds is 0. The molecule has 0 fully saturated rings. The van der Waals surface area contributed by atoms with Gasteiger partial charge >= 0.3 is 6.16 Å². The molecule has 0 radical (unpaired) electrons. The van der Waals surface area contributed by atoms with E-state index < -0.39 is 6.16 Å². The predicted octanol–water partition coefficient (Wildman–Crippen LogP) is 3.64. The first-order chi connectivity index (χ1) is 9.09. The summed E-state index contributed by atoms with van der Waals surface area (Å²) >= 11 is 1.67. The first kappa shape index (κ1) is 13.0. The molecule has 0 aliphatic rings. The maximum atomic E-state index is 12.1. The van der Waals surface area contributed by atoms with Crippen molar-refractivity contribution < 1.29 is 15.0 Å². The Morgan fingerprint density at radius 2 is 1.21 bits per heavy atom. The second kappa shape index (κ2) is 5.49. The first-order valence-electron chi connectivity index (χ1n) is 5.42. The van der Waals surface area contributed by atoms with Gasteiger partial charge < -0.3 is 10.2 Å². The van der Waals surface area contributed by atoms with Crippen LogP contribution in [0, 0.1) is 0 Å². The summed E-state index contributed by atoms with van der Waals surface area (Å²) in [6.07, 6.45) is -1.83. The fourth-order valence-corrected chi connectivity index (χ4v) is 2.82. The molecule has 3 rings (SSSR count). The second-order valence-electron chi connectivity index (χ2n) is 3.71. The van der Waals surface area contributed by atoms with Crippen LogP contribution in [-0.4, -0.2) is 16.4 Å². The van der Waals surface area contributed by atoms with Gasteiger partial charge in [0.1, 0.15) is 0 Å². The van der Waals surface area contributed by atoms with Gasteiger partial charge in [0.15, 0.2) is 5.43 Å². The van der Waals surface area contributed by atoms with Crippen molar-refractivity contribution in [3.63, 3.8) is 0 Å². The Hall–Kier alpha value is -2.40. The molecule has 2 aromatic carbocycles. The van der Waals surface area contributed by atoms with E-state index in [-0.39, 0.29) is 5.43 Å². The van der Waals surface area contributed by atoms with E-state index in [0.717, 1.165) is 20.2 Å². The van der Waals surface area contributed by atoms with Gasteiger partial charge in [0, 0.05) is 20.2 Å². The summed E-state index contributed by atoms with van der Waals surface area (Å²) in [6, 6.07) is 15.5. The van der Waals surface area contributed by atoms with Crippen molar-refractivity contribution in [1.29, 1.82) is 0 Å². The number of hydrogen-bond donors (Lipinski definition) is 2. The lowest BCUT2D eigenvalue weighted by Crippen LogP contribution is -1.99. The zero-order valence-corrected chi connectivity index (χ0v) is 10.6. The molecular weight excluding hydrogens is 264 g/mol. The summed E-state index contributed by atoms with van der Waals surface area (Å²) in [6.45, 7) is 0. The Labute approximate surface area is 112 Å².